The molecule has 3 aromatic rings. The SMILES string of the molecule is COc1ccc(Sc2cc(Nc3cccc(F)c3)nc(N(C)[C@@H](CC(C)C)C(=O)O)n2)cc1. The third-order valence-corrected chi connectivity index (χ3v) is 5.76. The molecule has 0 saturated carbocycles. The van der Waals surface area contributed by atoms with Gasteiger partial charge in [-0.15, -0.1) is 0 Å². The summed E-state index contributed by atoms with van der Waals surface area (Å²) in [6.07, 6.45) is 0.442. The lowest BCUT2D eigenvalue weighted by Crippen LogP contribution is -2.40. The number of anilines is 3. The maximum absolute atomic E-state index is 13.7. The van der Waals surface area contributed by atoms with Crippen LogP contribution in [0.1, 0.15) is 20.3 Å². The maximum Gasteiger partial charge on any atom is 0.326 e. The number of aromatic nitrogens is 2. The van der Waals surface area contributed by atoms with Crippen LogP contribution in [-0.2, 0) is 4.79 Å². The van der Waals surface area contributed by atoms with Gasteiger partial charge in [-0.1, -0.05) is 31.7 Å². The van der Waals surface area contributed by atoms with Crippen LogP contribution in [0.3, 0.4) is 0 Å². The zero-order valence-electron chi connectivity index (χ0n) is 18.9. The number of halogens is 1. The molecule has 0 saturated heterocycles. The molecule has 0 spiro atoms. The van der Waals surface area contributed by atoms with Crippen molar-refractivity contribution in [2.75, 3.05) is 24.4 Å². The second-order valence-electron chi connectivity index (χ2n) is 7.90. The summed E-state index contributed by atoms with van der Waals surface area (Å²) in [5, 5.41) is 13.5. The van der Waals surface area contributed by atoms with E-state index in [0.717, 1.165) is 10.6 Å². The highest BCUT2D eigenvalue weighted by molar-refractivity contribution is 7.99. The standard InChI is InChI=1S/C24H27FN4O3S/c1-15(2)12-20(23(30)31)29(3)24-27-21(26-17-7-5-6-16(25)13-17)14-22(28-24)33-19-10-8-18(32-4)9-11-19/h5-11,13-15,20H,12H2,1-4H3,(H,30,31)(H,26,27,28)/t20-/m0/s1. The fourth-order valence-electron chi connectivity index (χ4n) is 3.18. The number of nitrogens with one attached hydrogen (secondary N) is 1. The van der Waals surface area contributed by atoms with E-state index in [1.54, 1.807) is 37.3 Å². The molecule has 0 fully saturated rings. The molecule has 1 aromatic heterocycles. The zero-order chi connectivity index (χ0) is 24.0. The van der Waals surface area contributed by atoms with Crippen molar-refractivity contribution in [3.63, 3.8) is 0 Å². The molecule has 0 amide bonds. The number of methoxy groups -OCH3 is 1. The lowest BCUT2D eigenvalue weighted by molar-refractivity contribution is -0.138. The van der Waals surface area contributed by atoms with E-state index in [1.807, 2.05) is 38.1 Å². The summed E-state index contributed by atoms with van der Waals surface area (Å²) in [6, 6.07) is 14.5. The molecule has 2 N–H and O–H groups in total. The molecule has 0 bridgehead atoms. The molecular weight excluding hydrogens is 443 g/mol. The first-order valence-corrected chi connectivity index (χ1v) is 11.3. The van der Waals surface area contributed by atoms with Gasteiger partial charge in [-0.3, -0.25) is 0 Å². The predicted molar refractivity (Wildman–Crippen MR) is 128 cm³/mol. The van der Waals surface area contributed by atoms with Crippen LogP contribution in [0.15, 0.2) is 64.5 Å². The Kier molecular flexibility index (Phi) is 8.11. The third-order valence-electron chi connectivity index (χ3n) is 4.83. The first kappa shape index (κ1) is 24.3. The number of ether oxygens (including phenoxy) is 1. The number of hydrogen-bond donors (Lipinski definition) is 2. The number of nitrogens with zero attached hydrogens (tertiary/aromatic N) is 3. The van der Waals surface area contributed by atoms with Crippen molar-refractivity contribution in [3.8, 4) is 5.75 Å². The zero-order valence-corrected chi connectivity index (χ0v) is 19.8. The average Bonchev–Trinajstić information content (AvgIpc) is 2.77. The molecule has 1 atom stereocenters. The van der Waals surface area contributed by atoms with Crippen molar-refractivity contribution >= 4 is 35.2 Å². The molecule has 9 heteroatoms. The van der Waals surface area contributed by atoms with Crippen LogP contribution in [0.5, 0.6) is 5.75 Å². The van der Waals surface area contributed by atoms with Gasteiger partial charge in [0, 0.05) is 23.7 Å². The highest BCUT2D eigenvalue weighted by atomic mass is 32.2. The summed E-state index contributed by atoms with van der Waals surface area (Å²) in [6.45, 7) is 3.94. The van der Waals surface area contributed by atoms with Gasteiger partial charge in [0.15, 0.2) is 0 Å². The number of carbonyl (C=O) groups is 1. The Morgan fingerprint density at radius 2 is 1.91 bits per heavy atom. The number of likely N-dealkylation sites (N-methyl/N-ethyl adjacent to an activating group) is 1. The van der Waals surface area contributed by atoms with E-state index in [2.05, 4.69) is 15.3 Å². The average molecular weight is 471 g/mol. The Balaban J connectivity index is 1.97. The molecule has 1 heterocycles. The van der Waals surface area contributed by atoms with E-state index in [4.69, 9.17) is 4.74 Å². The van der Waals surface area contributed by atoms with Crippen LogP contribution < -0.4 is 15.0 Å². The lowest BCUT2D eigenvalue weighted by atomic mass is 10.0. The number of aliphatic carboxylic acids is 1. The fraction of sp³-hybridized carbons (Fsp3) is 0.292. The molecule has 2 aromatic carbocycles. The van der Waals surface area contributed by atoms with Gasteiger partial charge in [-0.2, -0.15) is 4.98 Å². The monoisotopic (exact) mass is 470 g/mol. The molecule has 3 rings (SSSR count). The van der Waals surface area contributed by atoms with Gasteiger partial charge in [-0.25, -0.2) is 14.2 Å². The van der Waals surface area contributed by atoms with Crippen LogP contribution in [-0.4, -0.2) is 41.2 Å². The summed E-state index contributed by atoms with van der Waals surface area (Å²) in [7, 11) is 3.28. The van der Waals surface area contributed by atoms with Crippen molar-refractivity contribution in [3.05, 3.63) is 60.4 Å². The van der Waals surface area contributed by atoms with Crippen LogP contribution in [0.25, 0.3) is 0 Å². The summed E-state index contributed by atoms with van der Waals surface area (Å²) in [5.74, 6) is 0.302. The van der Waals surface area contributed by atoms with E-state index in [0.29, 0.717) is 23.0 Å². The summed E-state index contributed by atoms with van der Waals surface area (Å²) < 4.78 is 18.9. The summed E-state index contributed by atoms with van der Waals surface area (Å²) in [4.78, 5) is 23.6. The number of rotatable bonds is 10. The molecule has 0 aliphatic carbocycles. The normalized spacial score (nSPS) is 11.8. The number of carboxylic acids is 1. The van der Waals surface area contributed by atoms with E-state index in [1.165, 1.54) is 23.9 Å². The fourth-order valence-corrected chi connectivity index (χ4v) is 3.99. The molecule has 7 nitrogen and oxygen atoms in total. The van der Waals surface area contributed by atoms with Crippen molar-refractivity contribution in [2.24, 2.45) is 5.92 Å². The van der Waals surface area contributed by atoms with Gasteiger partial charge in [0.2, 0.25) is 5.95 Å². The quantitative estimate of drug-likeness (QED) is 0.378. The van der Waals surface area contributed by atoms with E-state index in [-0.39, 0.29) is 17.7 Å². The highest BCUT2D eigenvalue weighted by Gasteiger charge is 2.26. The number of carboxylic acid groups (broad SMARTS) is 1. The van der Waals surface area contributed by atoms with Gasteiger partial charge in [0.1, 0.15) is 28.5 Å². The summed E-state index contributed by atoms with van der Waals surface area (Å²) >= 11 is 1.41. The number of hydrogen-bond acceptors (Lipinski definition) is 7. The Bertz CT molecular complexity index is 1100. The van der Waals surface area contributed by atoms with E-state index < -0.39 is 12.0 Å². The van der Waals surface area contributed by atoms with Crippen LogP contribution in [0.4, 0.5) is 21.8 Å². The Morgan fingerprint density at radius 3 is 2.52 bits per heavy atom. The second-order valence-corrected chi connectivity index (χ2v) is 8.99. The van der Waals surface area contributed by atoms with Gasteiger partial charge in [0.25, 0.3) is 0 Å². The van der Waals surface area contributed by atoms with Gasteiger partial charge >= 0.3 is 5.97 Å². The third kappa shape index (κ3) is 6.82. The molecule has 0 aliphatic heterocycles. The highest BCUT2D eigenvalue weighted by Crippen LogP contribution is 2.31. The minimum Gasteiger partial charge on any atom is -0.497 e. The molecule has 174 valence electrons. The van der Waals surface area contributed by atoms with Crippen molar-refractivity contribution in [1.29, 1.82) is 0 Å². The van der Waals surface area contributed by atoms with Gasteiger partial charge < -0.3 is 20.1 Å². The maximum atomic E-state index is 13.7. The smallest absolute Gasteiger partial charge is 0.326 e. The largest absolute Gasteiger partial charge is 0.497 e. The molecule has 0 radical (unpaired) electrons. The molecule has 0 unspecified atom stereocenters. The first-order chi connectivity index (χ1) is 15.7. The Hall–Kier alpha value is -3.33. The van der Waals surface area contributed by atoms with E-state index in [9.17, 15) is 14.3 Å². The Labute approximate surface area is 197 Å². The Morgan fingerprint density at radius 1 is 1.18 bits per heavy atom. The van der Waals surface area contributed by atoms with Crippen molar-refractivity contribution < 1.29 is 19.0 Å². The van der Waals surface area contributed by atoms with Gasteiger partial charge in [0.05, 0.1) is 7.11 Å². The predicted octanol–water partition coefficient (Wildman–Crippen LogP) is 5.45. The minimum atomic E-state index is -0.942. The molecule has 33 heavy (non-hydrogen) atoms. The molecular formula is C24H27FN4O3S. The van der Waals surface area contributed by atoms with Crippen LogP contribution in [0, 0.1) is 11.7 Å². The summed E-state index contributed by atoms with van der Waals surface area (Å²) in [5.41, 5.74) is 0.527. The van der Waals surface area contributed by atoms with E-state index >= 15 is 0 Å². The second kappa shape index (κ2) is 11.0. The first-order valence-electron chi connectivity index (χ1n) is 10.4. The number of benzene rings is 2. The molecule has 0 aliphatic rings. The minimum absolute atomic E-state index is 0.176. The van der Waals surface area contributed by atoms with Gasteiger partial charge in [-0.05, 0) is 54.8 Å². The topological polar surface area (TPSA) is 87.6 Å². The van der Waals surface area contributed by atoms with Crippen molar-refractivity contribution in [2.45, 2.75) is 36.2 Å². The lowest BCUT2D eigenvalue weighted by Gasteiger charge is -2.26. The van der Waals surface area contributed by atoms with Crippen LogP contribution >= 0.6 is 11.8 Å². The van der Waals surface area contributed by atoms with Crippen molar-refractivity contribution in [1.82, 2.24) is 9.97 Å². The van der Waals surface area contributed by atoms with Crippen LogP contribution in [0.2, 0.25) is 0 Å².